The first-order chi connectivity index (χ1) is 9.26. The molecule has 2 N–H and O–H groups in total. The van der Waals surface area contributed by atoms with Crippen molar-refractivity contribution in [1.29, 1.82) is 0 Å². The van der Waals surface area contributed by atoms with Crippen LogP contribution in [0.2, 0.25) is 0 Å². The van der Waals surface area contributed by atoms with E-state index < -0.39 is 0 Å². The Kier molecular flexibility index (Phi) is 4.16. The summed E-state index contributed by atoms with van der Waals surface area (Å²) in [7, 11) is 0. The molecule has 3 aliphatic rings. The molecule has 2 aliphatic carbocycles. The first kappa shape index (κ1) is 13.8. The molecule has 1 spiro atoms. The van der Waals surface area contributed by atoms with Crippen LogP contribution in [0.5, 0.6) is 0 Å². The molecule has 1 atom stereocenters. The maximum absolute atomic E-state index is 9.69. The molecule has 0 amide bonds. The van der Waals surface area contributed by atoms with Crippen molar-refractivity contribution in [3.05, 3.63) is 0 Å². The van der Waals surface area contributed by atoms with Crippen LogP contribution in [0, 0.1) is 5.41 Å². The summed E-state index contributed by atoms with van der Waals surface area (Å²) in [5, 5.41) is 13.5. The van der Waals surface area contributed by atoms with E-state index in [4.69, 9.17) is 4.74 Å². The average Bonchev–Trinajstić information content (AvgIpc) is 3.07. The molecule has 0 bridgehead atoms. The maximum Gasteiger partial charge on any atom is 0.0697 e. The van der Waals surface area contributed by atoms with Gasteiger partial charge in [0.15, 0.2) is 0 Å². The van der Waals surface area contributed by atoms with Gasteiger partial charge in [-0.2, -0.15) is 0 Å². The summed E-state index contributed by atoms with van der Waals surface area (Å²) in [4.78, 5) is 0. The smallest absolute Gasteiger partial charge is 0.0697 e. The molecule has 1 saturated heterocycles. The van der Waals surface area contributed by atoms with Gasteiger partial charge in [-0.15, -0.1) is 0 Å². The lowest BCUT2D eigenvalue weighted by Gasteiger charge is -2.40. The van der Waals surface area contributed by atoms with Crippen molar-refractivity contribution >= 4 is 0 Å². The molecule has 3 heteroatoms. The van der Waals surface area contributed by atoms with Crippen LogP contribution in [0.4, 0.5) is 0 Å². The molecule has 1 aliphatic heterocycles. The highest BCUT2D eigenvalue weighted by Gasteiger charge is 2.41. The van der Waals surface area contributed by atoms with Gasteiger partial charge in [0.2, 0.25) is 0 Å². The van der Waals surface area contributed by atoms with Crippen molar-refractivity contribution in [3.8, 4) is 0 Å². The van der Waals surface area contributed by atoms with Gasteiger partial charge < -0.3 is 15.2 Å². The third-order valence-electron chi connectivity index (χ3n) is 5.77. The van der Waals surface area contributed by atoms with Gasteiger partial charge in [0.25, 0.3) is 0 Å². The van der Waals surface area contributed by atoms with Crippen LogP contribution < -0.4 is 5.32 Å². The zero-order chi connectivity index (χ0) is 13.2. The summed E-state index contributed by atoms with van der Waals surface area (Å²) in [6.07, 6.45) is 12.5. The number of aliphatic hydroxyl groups is 1. The first-order valence-electron chi connectivity index (χ1n) is 8.24. The van der Waals surface area contributed by atoms with Gasteiger partial charge in [-0.25, -0.2) is 0 Å². The van der Waals surface area contributed by atoms with E-state index in [1.54, 1.807) is 0 Å². The fourth-order valence-corrected chi connectivity index (χ4v) is 4.45. The van der Waals surface area contributed by atoms with E-state index in [9.17, 15) is 5.11 Å². The van der Waals surface area contributed by atoms with Crippen molar-refractivity contribution in [2.75, 3.05) is 19.8 Å². The summed E-state index contributed by atoms with van der Waals surface area (Å²) in [6, 6.07) is 0.607. The summed E-state index contributed by atoms with van der Waals surface area (Å²) in [6.45, 7) is 2.28. The van der Waals surface area contributed by atoms with E-state index in [1.165, 1.54) is 57.8 Å². The highest BCUT2D eigenvalue weighted by molar-refractivity contribution is 4.95. The fraction of sp³-hybridized carbons (Fsp3) is 1.00. The number of hydrogen-bond donors (Lipinski definition) is 2. The highest BCUT2D eigenvalue weighted by atomic mass is 16.5. The van der Waals surface area contributed by atoms with Crippen LogP contribution in [-0.2, 0) is 4.74 Å². The van der Waals surface area contributed by atoms with Gasteiger partial charge >= 0.3 is 0 Å². The molecule has 3 fully saturated rings. The molecule has 0 aromatic rings. The number of ether oxygens (including phenoxy) is 1. The van der Waals surface area contributed by atoms with E-state index in [0.717, 1.165) is 19.6 Å². The van der Waals surface area contributed by atoms with Gasteiger partial charge in [-0.05, 0) is 38.5 Å². The third-order valence-corrected chi connectivity index (χ3v) is 5.77. The molecule has 3 nitrogen and oxygen atoms in total. The molecule has 0 radical (unpaired) electrons. The van der Waals surface area contributed by atoms with Crippen LogP contribution in [0.15, 0.2) is 0 Å². The monoisotopic (exact) mass is 267 g/mol. The minimum Gasteiger partial charge on any atom is -0.396 e. The molecule has 0 aromatic carbocycles. The molecular formula is C16H29NO2. The topological polar surface area (TPSA) is 41.5 Å². The van der Waals surface area contributed by atoms with Crippen LogP contribution in [0.3, 0.4) is 0 Å². The minimum absolute atomic E-state index is 0.182. The molecular weight excluding hydrogens is 238 g/mol. The molecule has 1 unspecified atom stereocenters. The van der Waals surface area contributed by atoms with Crippen molar-refractivity contribution in [2.45, 2.75) is 75.9 Å². The zero-order valence-corrected chi connectivity index (χ0v) is 12.1. The standard InChI is InChI=1S/C16H29NO2/c18-13-15(6-1-2-7-15)12-17-14-5-10-19-16(11-14)8-3-4-9-16/h14,17-18H,1-13H2. The lowest BCUT2D eigenvalue weighted by atomic mass is 9.85. The highest BCUT2D eigenvalue weighted by Crippen LogP contribution is 2.41. The van der Waals surface area contributed by atoms with E-state index in [0.29, 0.717) is 12.6 Å². The van der Waals surface area contributed by atoms with Crippen molar-refractivity contribution in [3.63, 3.8) is 0 Å². The van der Waals surface area contributed by atoms with E-state index in [-0.39, 0.29) is 11.0 Å². The second-order valence-corrected chi connectivity index (χ2v) is 7.17. The summed E-state index contributed by atoms with van der Waals surface area (Å²) >= 11 is 0. The minimum atomic E-state index is 0.182. The van der Waals surface area contributed by atoms with Crippen LogP contribution >= 0.6 is 0 Å². The quantitative estimate of drug-likeness (QED) is 0.823. The molecule has 19 heavy (non-hydrogen) atoms. The first-order valence-corrected chi connectivity index (χ1v) is 8.24. The van der Waals surface area contributed by atoms with Crippen LogP contribution in [0.1, 0.15) is 64.2 Å². The molecule has 110 valence electrons. The Morgan fingerprint density at radius 3 is 2.42 bits per heavy atom. The molecule has 1 heterocycles. The summed E-state index contributed by atoms with van der Waals surface area (Å²) in [5.41, 5.74) is 0.388. The Morgan fingerprint density at radius 1 is 1.05 bits per heavy atom. The van der Waals surface area contributed by atoms with Crippen molar-refractivity contribution < 1.29 is 9.84 Å². The second-order valence-electron chi connectivity index (χ2n) is 7.17. The number of nitrogens with one attached hydrogen (secondary N) is 1. The van der Waals surface area contributed by atoms with E-state index in [2.05, 4.69) is 5.32 Å². The molecule has 2 saturated carbocycles. The average molecular weight is 267 g/mol. The fourth-order valence-electron chi connectivity index (χ4n) is 4.45. The Morgan fingerprint density at radius 2 is 1.74 bits per heavy atom. The van der Waals surface area contributed by atoms with Crippen molar-refractivity contribution in [2.24, 2.45) is 5.41 Å². The second kappa shape index (κ2) is 5.71. The van der Waals surface area contributed by atoms with Gasteiger partial charge in [-0.3, -0.25) is 0 Å². The van der Waals surface area contributed by atoms with Crippen molar-refractivity contribution in [1.82, 2.24) is 5.32 Å². The lowest BCUT2D eigenvalue weighted by molar-refractivity contribution is -0.0848. The van der Waals surface area contributed by atoms with Crippen LogP contribution in [-0.4, -0.2) is 36.5 Å². The molecule has 3 rings (SSSR count). The molecule has 0 aromatic heterocycles. The number of aliphatic hydroxyl groups excluding tert-OH is 1. The predicted octanol–water partition coefficient (Wildman–Crippen LogP) is 2.62. The maximum atomic E-state index is 9.69. The van der Waals surface area contributed by atoms with Gasteiger partial charge in [-0.1, -0.05) is 25.7 Å². The Labute approximate surface area is 117 Å². The summed E-state index contributed by atoms with van der Waals surface area (Å²) < 4.78 is 6.09. The van der Waals surface area contributed by atoms with Gasteiger partial charge in [0, 0.05) is 31.2 Å². The van der Waals surface area contributed by atoms with Gasteiger partial charge in [0.1, 0.15) is 0 Å². The Balaban J connectivity index is 1.52. The van der Waals surface area contributed by atoms with Crippen LogP contribution in [0.25, 0.3) is 0 Å². The number of rotatable bonds is 4. The lowest BCUT2D eigenvalue weighted by Crippen LogP contribution is -2.48. The summed E-state index contributed by atoms with van der Waals surface area (Å²) in [5.74, 6) is 0. The Hall–Kier alpha value is -0.120. The largest absolute Gasteiger partial charge is 0.396 e. The van der Waals surface area contributed by atoms with E-state index >= 15 is 0 Å². The predicted molar refractivity (Wildman–Crippen MR) is 76.2 cm³/mol. The Bertz CT molecular complexity index is 293. The normalized spacial score (nSPS) is 33.0. The van der Waals surface area contributed by atoms with E-state index in [1.807, 2.05) is 0 Å². The third kappa shape index (κ3) is 2.98. The zero-order valence-electron chi connectivity index (χ0n) is 12.1. The SMILES string of the molecule is OCC1(CNC2CCOC3(CCCC3)C2)CCCC1. The van der Waals surface area contributed by atoms with Gasteiger partial charge in [0.05, 0.1) is 5.60 Å². The number of hydrogen-bond acceptors (Lipinski definition) is 3.